The number of para-hydroxylation sites is 2. The average molecular weight is 381 g/mol. The number of hydrogen-bond acceptors (Lipinski definition) is 4. The maximum Gasteiger partial charge on any atom is 0.220 e. The Balaban J connectivity index is 1.53. The van der Waals surface area contributed by atoms with E-state index < -0.39 is 0 Å². The fourth-order valence-corrected chi connectivity index (χ4v) is 4.54. The molecule has 140 valence electrons. The molecule has 1 amide bonds. The number of nitrogens with zero attached hydrogens (tertiary/aromatic N) is 3. The molecule has 5 nitrogen and oxygen atoms in total. The Morgan fingerprint density at radius 2 is 1.78 bits per heavy atom. The number of imidazole rings is 1. The van der Waals surface area contributed by atoms with Crippen LogP contribution in [0.3, 0.4) is 0 Å². The van der Waals surface area contributed by atoms with Crippen molar-refractivity contribution < 1.29 is 4.79 Å². The van der Waals surface area contributed by atoms with E-state index in [1.165, 1.54) is 5.56 Å². The van der Waals surface area contributed by atoms with Crippen molar-refractivity contribution in [2.45, 2.75) is 30.4 Å². The quantitative estimate of drug-likeness (QED) is 0.665. The maximum atomic E-state index is 11.4. The van der Waals surface area contributed by atoms with Crippen molar-refractivity contribution >= 4 is 28.7 Å². The number of rotatable bonds is 6. The summed E-state index contributed by atoms with van der Waals surface area (Å²) < 4.78 is 2.30. The summed E-state index contributed by atoms with van der Waals surface area (Å²) in [6.07, 6.45) is 1.68. The number of amides is 1. The summed E-state index contributed by atoms with van der Waals surface area (Å²) in [5.74, 6) is 0.753. The number of nitrogens with two attached hydrogens (primary N) is 1. The Hall–Kier alpha value is -2.31. The summed E-state index contributed by atoms with van der Waals surface area (Å²) in [5, 5.41) is 1.04. The second-order valence-electron chi connectivity index (χ2n) is 7.02. The molecule has 0 unspecified atom stereocenters. The smallest absolute Gasteiger partial charge is 0.220 e. The summed E-state index contributed by atoms with van der Waals surface area (Å²) in [6.45, 7) is 2.58. The van der Waals surface area contributed by atoms with Crippen LogP contribution in [0.5, 0.6) is 0 Å². The van der Waals surface area contributed by atoms with Crippen molar-refractivity contribution in [1.29, 1.82) is 0 Å². The molecule has 0 radical (unpaired) electrons. The molecule has 1 fully saturated rings. The highest BCUT2D eigenvalue weighted by Gasteiger charge is 2.24. The van der Waals surface area contributed by atoms with E-state index in [9.17, 15) is 4.79 Å². The highest BCUT2D eigenvalue weighted by molar-refractivity contribution is 7.98. The summed E-state index contributed by atoms with van der Waals surface area (Å²) in [4.78, 5) is 18.7. The lowest BCUT2D eigenvalue weighted by molar-refractivity contribution is -0.123. The van der Waals surface area contributed by atoms with Gasteiger partial charge in [-0.25, -0.2) is 4.98 Å². The maximum absolute atomic E-state index is 11.4. The molecule has 0 bridgehead atoms. The van der Waals surface area contributed by atoms with Gasteiger partial charge in [-0.1, -0.05) is 54.2 Å². The molecule has 2 heterocycles. The van der Waals surface area contributed by atoms with Crippen LogP contribution in [0.25, 0.3) is 11.0 Å². The molecule has 1 aromatic heterocycles. The number of likely N-dealkylation sites (tertiary alicyclic amines) is 1. The number of thioether (sulfide) groups is 1. The van der Waals surface area contributed by atoms with Crippen molar-refractivity contribution in [2.24, 2.45) is 11.7 Å². The molecule has 2 N–H and O–H groups in total. The van der Waals surface area contributed by atoms with Gasteiger partial charge < -0.3 is 10.3 Å². The number of fused-ring (bicyclic) bond motifs is 1. The number of aromatic nitrogens is 2. The van der Waals surface area contributed by atoms with E-state index in [0.717, 1.165) is 54.5 Å². The predicted molar refractivity (Wildman–Crippen MR) is 109 cm³/mol. The van der Waals surface area contributed by atoms with Gasteiger partial charge in [0, 0.05) is 24.8 Å². The first-order chi connectivity index (χ1) is 13.2. The monoisotopic (exact) mass is 380 g/mol. The van der Waals surface area contributed by atoms with Crippen molar-refractivity contribution in [2.75, 3.05) is 13.1 Å². The first-order valence-corrected chi connectivity index (χ1v) is 10.3. The largest absolute Gasteiger partial charge is 0.369 e. The van der Waals surface area contributed by atoms with Crippen LogP contribution in [0.1, 0.15) is 18.4 Å². The Morgan fingerprint density at radius 3 is 2.52 bits per heavy atom. The third-order valence-corrected chi connectivity index (χ3v) is 6.21. The zero-order valence-electron chi connectivity index (χ0n) is 15.3. The summed E-state index contributed by atoms with van der Waals surface area (Å²) >= 11 is 1.77. The average Bonchev–Trinajstić information content (AvgIpc) is 3.05. The molecule has 3 aromatic rings. The Bertz CT molecular complexity index is 916. The summed E-state index contributed by atoms with van der Waals surface area (Å²) in [7, 11) is 0. The molecule has 0 aliphatic carbocycles. The van der Waals surface area contributed by atoms with E-state index in [4.69, 9.17) is 10.7 Å². The van der Waals surface area contributed by atoms with Gasteiger partial charge >= 0.3 is 0 Å². The molecule has 0 atom stereocenters. The lowest BCUT2D eigenvalue weighted by Gasteiger charge is -2.31. The normalized spacial score (nSPS) is 16.0. The van der Waals surface area contributed by atoms with Crippen molar-refractivity contribution in [1.82, 2.24) is 14.5 Å². The van der Waals surface area contributed by atoms with E-state index in [1.807, 2.05) is 12.1 Å². The molecule has 0 spiro atoms. The van der Waals surface area contributed by atoms with Crippen molar-refractivity contribution in [3.8, 4) is 0 Å². The fourth-order valence-electron chi connectivity index (χ4n) is 3.58. The summed E-state index contributed by atoms with van der Waals surface area (Å²) in [6, 6.07) is 18.8. The number of carbonyl (C=O) groups excluding carboxylic acids is 1. The van der Waals surface area contributed by atoms with Gasteiger partial charge in [-0.05, 0) is 30.5 Å². The third kappa shape index (κ3) is 4.17. The summed E-state index contributed by atoms with van der Waals surface area (Å²) in [5.41, 5.74) is 8.95. The molecular weight excluding hydrogens is 356 g/mol. The molecule has 1 saturated heterocycles. The minimum Gasteiger partial charge on any atom is -0.369 e. The highest BCUT2D eigenvalue weighted by atomic mass is 32.2. The number of benzene rings is 2. The van der Waals surface area contributed by atoms with Crippen molar-refractivity contribution in [3.05, 3.63) is 60.2 Å². The van der Waals surface area contributed by atoms with Crippen LogP contribution >= 0.6 is 11.8 Å². The zero-order valence-corrected chi connectivity index (χ0v) is 16.1. The van der Waals surface area contributed by atoms with Crippen LogP contribution in [0.2, 0.25) is 0 Å². The molecule has 1 aliphatic rings. The predicted octanol–water partition coefficient (Wildman–Crippen LogP) is 3.48. The Morgan fingerprint density at radius 1 is 1.07 bits per heavy atom. The molecule has 27 heavy (non-hydrogen) atoms. The number of piperidine rings is 1. The van der Waals surface area contributed by atoms with Gasteiger partial charge in [0.05, 0.1) is 17.7 Å². The van der Waals surface area contributed by atoms with Gasteiger partial charge in [0.25, 0.3) is 0 Å². The fraction of sp³-hybridized carbons (Fsp3) is 0.333. The van der Waals surface area contributed by atoms with E-state index >= 15 is 0 Å². The second kappa shape index (κ2) is 8.15. The molecule has 0 saturated carbocycles. The first-order valence-electron chi connectivity index (χ1n) is 9.34. The zero-order chi connectivity index (χ0) is 18.6. The van der Waals surface area contributed by atoms with Gasteiger partial charge in [0.15, 0.2) is 5.16 Å². The number of hydrogen-bond donors (Lipinski definition) is 1. The minimum atomic E-state index is -0.165. The first kappa shape index (κ1) is 18.1. The lowest BCUT2D eigenvalue weighted by atomic mass is 9.97. The second-order valence-corrected chi connectivity index (χ2v) is 7.96. The van der Waals surface area contributed by atoms with Crippen LogP contribution in [-0.4, -0.2) is 33.4 Å². The van der Waals surface area contributed by atoms with Gasteiger partial charge in [-0.2, -0.15) is 0 Å². The minimum absolute atomic E-state index is 0.0210. The number of carbonyl (C=O) groups is 1. The van der Waals surface area contributed by atoms with Crippen LogP contribution in [0, 0.1) is 5.92 Å². The van der Waals surface area contributed by atoms with Gasteiger partial charge in [-0.15, -0.1) is 0 Å². The number of primary amides is 1. The topological polar surface area (TPSA) is 64.2 Å². The third-order valence-electron chi connectivity index (χ3n) is 5.16. The van der Waals surface area contributed by atoms with E-state index in [0.29, 0.717) is 0 Å². The van der Waals surface area contributed by atoms with Crippen molar-refractivity contribution in [3.63, 3.8) is 0 Å². The van der Waals surface area contributed by atoms with Crippen LogP contribution in [0.15, 0.2) is 59.8 Å². The standard InChI is InChI=1S/C21H24N4OS/c22-20(26)17-10-12-24(13-11-17)15-25-19-9-5-4-8-18(19)23-21(25)27-14-16-6-2-1-3-7-16/h1-9,17H,10-15H2,(H2,22,26). The van der Waals surface area contributed by atoms with Gasteiger partial charge in [0.1, 0.15) is 0 Å². The van der Waals surface area contributed by atoms with Crippen LogP contribution < -0.4 is 5.73 Å². The highest BCUT2D eigenvalue weighted by Crippen LogP contribution is 2.28. The molecule has 6 heteroatoms. The molecule has 1 aliphatic heterocycles. The lowest BCUT2D eigenvalue weighted by Crippen LogP contribution is -2.39. The Labute approximate surface area is 163 Å². The molecule has 2 aromatic carbocycles. The van der Waals surface area contributed by atoms with Crippen LogP contribution in [-0.2, 0) is 17.2 Å². The molecular formula is C21H24N4OS. The molecule has 4 rings (SSSR count). The van der Waals surface area contributed by atoms with Gasteiger partial charge in [-0.3, -0.25) is 9.69 Å². The van der Waals surface area contributed by atoms with Gasteiger partial charge in [0.2, 0.25) is 5.91 Å². The Kier molecular flexibility index (Phi) is 5.45. The van der Waals surface area contributed by atoms with E-state index in [1.54, 1.807) is 11.8 Å². The van der Waals surface area contributed by atoms with Crippen LogP contribution in [0.4, 0.5) is 0 Å². The van der Waals surface area contributed by atoms with E-state index in [-0.39, 0.29) is 11.8 Å². The van der Waals surface area contributed by atoms with E-state index in [2.05, 4.69) is 51.9 Å². The SMILES string of the molecule is NC(=O)C1CCN(Cn2c(SCc3ccccc3)nc3ccccc32)CC1.